The Kier molecular flexibility index (Phi) is 5.21. The first-order valence-corrected chi connectivity index (χ1v) is 9.47. The lowest BCUT2D eigenvalue weighted by atomic mass is 10.1. The molecule has 1 aliphatic heterocycles. The number of nitrogens with one attached hydrogen (secondary N) is 1. The van der Waals surface area contributed by atoms with Crippen molar-refractivity contribution in [1.29, 1.82) is 0 Å². The van der Waals surface area contributed by atoms with E-state index in [0.717, 1.165) is 15.7 Å². The Morgan fingerprint density at radius 2 is 1.65 bits per heavy atom. The predicted octanol–water partition coefficient (Wildman–Crippen LogP) is 3.03. The molecule has 1 N–H and O–H groups in total. The maximum Gasteiger partial charge on any atom is 0.300 e. The van der Waals surface area contributed by atoms with Crippen LogP contribution in [0.15, 0.2) is 48.5 Å². The van der Waals surface area contributed by atoms with Crippen LogP contribution in [0.3, 0.4) is 0 Å². The molecule has 0 unspecified atom stereocenters. The number of methoxy groups -OCH3 is 3. The normalized spacial score (nSPS) is 12.7. The van der Waals surface area contributed by atoms with E-state index in [2.05, 4.69) is 5.32 Å². The standard InChI is InChI=1S/C23H20N2O6/c1-29-17-11-16-19(22(31-3)21(17)30-2)20(27)23(28)25(16)12-18(26)24-15-10-6-8-13-7-4-5-9-14(13)15/h4-11H,12H2,1-3H3,(H,24,26). The van der Waals surface area contributed by atoms with Crippen molar-refractivity contribution in [3.05, 3.63) is 54.1 Å². The van der Waals surface area contributed by atoms with E-state index in [1.165, 1.54) is 27.4 Å². The number of rotatable bonds is 6. The second kappa shape index (κ2) is 7.98. The van der Waals surface area contributed by atoms with Crippen LogP contribution in [0.5, 0.6) is 17.2 Å². The molecule has 0 bridgehead atoms. The predicted molar refractivity (Wildman–Crippen MR) is 115 cm³/mol. The van der Waals surface area contributed by atoms with Gasteiger partial charge >= 0.3 is 0 Å². The summed E-state index contributed by atoms with van der Waals surface area (Å²) in [4.78, 5) is 39.3. The molecule has 3 aromatic rings. The topological polar surface area (TPSA) is 94.2 Å². The van der Waals surface area contributed by atoms with Crippen molar-refractivity contribution in [2.45, 2.75) is 0 Å². The van der Waals surface area contributed by atoms with Crippen LogP contribution < -0.4 is 24.4 Å². The van der Waals surface area contributed by atoms with E-state index in [4.69, 9.17) is 14.2 Å². The summed E-state index contributed by atoms with van der Waals surface area (Å²) in [5.41, 5.74) is 0.895. The lowest BCUT2D eigenvalue weighted by Crippen LogP contribution is -2.37. The van der Waals surface area contributed by atoms with Crippen LogP contribution in [0.4, 0.5) is 11.4 Å². The number of benzene rings is 3. The molecule has 0 fully saturated rings. The van der Waals surface area contributed by atoms with Gasteiger partial charge in [0.05, 0.1) is 32.6 Å². The van der Waals surface area contributed by atoms with Gasteiger partial charge in [-0.05, 0) is 11.5 Å². The zero-order valence-corrected chi connectivity index (χ0v) is 17.2. The number of carbonyl (C=O) groups is 3. The first-order chi connectivity index (χ1) is 15.0. The smallest absolute Gasteiger partial charge is 0.300 e. The second-order valence-corrected chi connectivity index (χ2v) is 6.83. The number of Topliss-reactive ketones (excluding diaryl/α,β-unsaturated/α-hetero) is 1. The maximum absolute atomic E-state index is 12.8. The largest absolute Gasteiger partial charge is 0.493 e. The Morgan fingerprint density at radius 1 is 0.935 bits per heavy atom. The van der Waals surface area contributed by atoms with Gasteiger partial charge in [-0.2, -0.15) is 0 Å². The number of ketones is 1. The van der Waals surface area contributed by atoms with E-state index in [0.29, 0.717) is 5.69 Å². The second-order valence-electron chi connectivity index (χ2n) is 6.83. The zero-order valence-electron chi connectivity index (χ0n) is 17.2. The minimum Gasteiger partial charge on any atom is -0.493 e. The van der Waals surface area contributed by atoms with Crippen molar-refractivity contribution >= 4 is 39.7 Å². The molecule has 31 heavy (non-hydrogen) atoms. The Hall–Kier alpha value is -4.07. The molecule has 8 heteroatoms. The van der Waals surface area contributed by atoms with Gasteiger partial charge < -0.3 is 19.5 Å². The van der Waals surface area contributed by atoms with Gasteiger partial charge in [-0.3, -0.25) is 19.3 Å². The number of amides is 2. The Balaban J connectivity index is 1.68. The number of ether oxygens (including phenoxy) is 3. The highest BCUT2D eigenvalue weighted by molar-refractivity contribution is 6.53. The van der Waals surface area contributed by atoms with E-state index < -0.39 is 17.6 Å². The van der Waals surface area contributed by atoms with Crippen LogP contribution >= 0.6 is 0 Å². The first-order valence-electron chi connectivity index (χ1n) is 9.47. The summed E-state index contributed by atoms with van der Waals surface area (Å²) >= 11 is 0. The first kappa shape index (κ1) is 20.2. The molecule has 0 aromatic heterocycles. The van der Waals surface area contributed by atoms with Gasteiger partial charge in [-0.15, -0.1) is 0 Å². The molecular formula is C23H20N2O6. The summed E-state index contributed by atoms with van der Waals surface area (Å²) in [6, 6.07) is 14.7. The molecule has 0 atom stereocenters. The van der Waals surface area contributed by atoms with Gasteiger partial charge in [-0.25, -0.2) is 0 Å². The zero-order chi connectivity index (χ0) is 22.1. The minimum atomic E-state index is -0.823. The summed E-state index contributed by atoms with van der Waals surface area (Å²) in [7, 11) is 4.20. The van der Waals surface area contributed by atoms with Crippen LogP contribution in [0.25, 0.3) is 10.8 Å². The highest BCUT2D eigenvalue weighted by atomic mass is 16.5. The molecule has 4 rings (SSSR count). The third-order valence-corrected chi connectivity index (χ3v) is 5.13. The number of fused-ring (bicyclic) bond motifs is 2. The average molecular weight is 420 g/mol. The summed E-state index contributed by atoms with van der Waals surface area (Å²) in [6.07, 6.45) is 0. The fourth-order valence-electron chi connectivity index (χ4n) is 3.74. The van der Waals surface area contributed by atoms with Crippen molar-refractivity contribution < 1.29 is 28.6 Å². The summed E-state index contributed by atoms with van der Waals surface area (Å²) in [5, 5.41) is 4.67. The van der Waals surface area contributed by atoms with E-state index >= 15 is 0 Å². The molecule has 0 saturated heterocycles. The highest BCUT2D eigenvalue weighted by Crippen LogP contribution is 2.48. The number of hydrogen-bond donors (Lipinski definition) is 1. The fraction of sp³-hybridized carbons (Fsp3) is 0.174. The molecule has 8 nitrogen and oxygen atoms in total. The van der Waals surface area contributed by atoms with Crippen molar-refractivity contribution in [3.63, 3.8) is 0 Å². The lowest BCUT2D eigenvalue weighted by Gasteiger charge is -2.19. The van der Waals surface area contributed by atoms with Gasteiger partial charge in [-0.1, -0.05) is 36.4 Å². The Morgan fingerprint density at radius 3 is 2.35 bits per heavy atom. The van der Waals surface area contributed by atoms with Gasteiger partial charge in [0, 0.05) is 17.1 Å². The number of anilines is 2. The van der Waals surface area contributed by atoms with E-state index in [1.54, 1.807) is 6.07 Å². The van der Waals surface area contributed by atoms with Crippen molar-refractivity contribution in [3.8, 4) is 17.2 Å². The molecule has 1 aliphatic rings. The fourth-order valence-corrected chi connectivity index (χ4v) is 3.74. The van der Waals surface area contributed by atoms with Gasteiger partial charge in [0.15, 0.2) is 11.5 Å². The third kappa shape index (κ3) is 3.31. The van der Waals surface area contributed by atoms with Gasteiger partial charge in [0.2, 0.25) is 11.7 Å². The van der Waals surface area contributed by atoms with Crippen molar-refractivity contribution in [1.82, 2.24) is 0 Å². The van der Waals surface area contributed by atoms with Crippen LogP contribution in [-0.4, -0.2) is 45.5 Å². The highest BCUT2D eigenvalue weighted by Gasteiger charge is 2.42. The molecule has 0 saturated carbocycles. The summed E-state index contributed by atoms with van der Waals surface area (Å²) in [5.74, 6) is -1.47. The SMILES string of the molecule is COc1cc2c(c(OC)c1OC)C(=O)C(=O)N2CC(=O)Nc1cccc2ccccc12. The third-order valence-electron chi connectivity index (χ3n) is 5.13. The van der Waals surface area contributed by atoms with Crippen LogP contribution in [0, 0.1) is 0 Å². The van der Waals surface area contributed by atoms with Crippen LogP contribution in [-0.2, 0) is 9.59 Å². The molecule has 2 amide bonds. The van der Waals surface area contributed by atoms with Gasteiger partial charge in [0.1, 0.15) is 6.54 Å². The monoisotopic (exact) mass is 420 g/mol. The Bertz CT molecular complexity index is 1210. The molecule has 0 radical (unpaired) electrons. The lowest BCUT2D eigenvalue weighted by molar-refractivity contribution is -0.118. The number of hydrogen-bond acceptors (Lipinski definition) is 6. The number of nitrogens with zero attached hydrogens (tertiary/aromatic N) is 1. The van der Waals surface area contributed by atoms with Crippen molar-refractivity contribution in [2.24, 2.45) is 0 Å². The minimum absolute atomic E-state index is 0.0445. The van der Waals surface area contributed by atoms with Crippen molar-refractivity contribution in [2.75, 3.05) is 38.1 Å². The van der Waals surface area contributed by atoms with E-state index in [-0.39, 0.29) is 35.0 Å². The van der Waals surface area contributed by atoms with Crippen LogP contribution in [0.2, 0.25) is 0 Å². The summed E-state index contributed by atoms with van der Waals surface area (Å²) in [6.45, 7) is -0.348. The summed E-state index contributed by atoms with van der Waals surface area (Å²) < 4.78 is 15.9. The molecule has 0 spiro atoms. The maximum atomic E-state index is 12.8. The molecule has 158 valence electrons. The van der Waals surface area contributed by atoms with E-state index in [1.807, 2.05) is 36.4 Å². The molecule has 1 heterocycles. The molecule has 3 aromatic carbocycles. The quantitative estimate of drug-likeness (QED) is 0.616. The average Bonchev–Trinajstić information content (AvgIpc) is 3.02. The number of carbonyl (C=O) groups excluding carboxylic acids is 3. The Labute approximate surface area is 178 Å². The van der Waals surface area contributed by atoms with E-state index in [9.17, 15) is 14.4 Å². The van der Waals surface area contributed by atoms with Crippen LogP contribution in [0.1, 0.15) is 10.4 Å². The van der Waals surface area contributed by atoms with Gasteiger partial charge in [0.25, 0.3) is 11.7 Å². The molecule has 0 aliphatic carbocycles. The molecular weight excluding hydrogens is 400 g/mol.